The number of pyridine rings is 1. The lowest BCUT2D eigenvalue weighted by Gasteiger charge is -2.24. The second-order valence-corrected chi connectivity index (χ2v) is 7.05. The molecule has 1 atom stereocenters. The van der Waals surface area contributed by atoms with E-state index in [1.54, 1.807) is 6.20 Å². The summed E-state index contributed by atoms with van der Waals surface area (Å²) in [5.74, 6) is 0.155. The SMILES string of the molecule is NCc1ocnc1CS(=O)(=O)N[C@H]1CCCc2cccnc21. The van der Waals surface area contributed by atoms with Crippen molar-refractivity contribution in [1.29, 1.82) is 0 Å². The maximum atomic E-state index is 12.4. The average Bonchev–Trinajstić information content (AvgIpc) is 2.93. The molecule has 2 heterocycles. The summed E-state index contributed by atoms with van der Waals surface area (Å²) in [5, 5.41) is 0. The number of aryl methyl sites for hydroxylation is 1. The summed E-state index contributed by atoms with van der Waals surface area (Å²) >= 11 is 0. The number of aromatic nitrogens is 2. The second kappa shape index (κ2) is 6.15. The first kappa shape index (κ1) is 15.1. The van der Waals surface area contributed by atoms with Gasteiger partial charge in [-0.1, -0.05) is 6.07 Å². The van der Waals surface area contributed by atoms with E-state index in [2.05, 4.69) is 14.7 Å². The smallest absolute Gasteiger partial charge is 0.218 e. The maximum absolute atomic E-state index is 12.4. The van der Waals surface area contributed by atoms with Crippen LogP contribution in [0.2, 0.25) is 0 Å². The number of nitrogens with zero attached hydrogens (tertiary/aromatic N) is 2. The lowest BCUT2D eigenvalue weighted by Crippen LogP contribution is -2.32. The Kier molecular flexibility index (Phi) is 4.23. The highest BCUT2D eigenvalue weighted by atomic mass is 32.2. The van der Waals surface area contributed by atoms with E-state index < -0.39 is 10.0 Å². The molecule has 2 aromatic heterocycles. The number of rotatable bonds is 5. The largest absolute Gasteiger partial charge is 0.447 e. The number of oxazole rings is 1. The minimum atomic E-state index is -3.55. The molecular formula is C14H18N4O3S. The van der Waals surface area contributed by atoms with Crippen molar-refractivity contribution < 1.29 is 12.8 Å². The Bertz CT molecular complexity index is 757. The van der Waals surface area contributed by atoms with Gasteiger partial charge in [-0.3, -0.25) is 4.98 Å². The van der Waals surface area contributed by atoms with Gasteiger partial charge in [-0.05, 0) is 30.9 Å². The zero-order valence-corrected chi connectivity index (χ0v) is 12.8. The Morgan fingerprint density at radius 1 is 1.41 bits per heavy atom. The lowest BCUT2D eigenvalue weighted by molar-refractivity contribution is 0.493. The number of hydrogen-bond donors (Lipinski definition) is 2. The van der Waals surface area contributed by atoms with Crippen molar-refractivity contribution in [3.8, 4) is 0 Å². The highest BCUT2D eigenvalue weighted by molar-refractivity contribution is 7.88. The van der Waals surface area contributed by atoms with Gasteiger partial charge in [0.1, 0.15) is 11.5 Å². The van der Waals surface area contributed by atoms with Crippen LogP contribution in [0.15, 0.2) is 29.1 Å². The number of sulfonamides is 1. The molecule has 22 heavy (non-hydrogen) atoms. The molecule has 0 saturated heterocycles. The Hall–Kier alpha value is -1.77. The van der Waals surface area contributed by atoms with Crippen LogP contribution >= 0.6 is 0 Å². The van der Waals surface area contributed by atoms with Gasteiger partial charge in [0, 0.05) is 6.20 Å². The van der Waals surface area contributed by atoms with E-state index in [-0.39, 0.29) is 18.3 Å². The molecule has 0 saturated carbocycles. The van der Waals surface area contributed by atoms with Crippen molar-refractivity contribution in [2.45, 2.75) is 37.6 Å². The second-order valence-electron chi connectivity index (χ2n) is 5.30. The van der Waals surface area contributed by atoms with E-state index in [1.165, 1.54) is 6.39 Å². The fraction of sp³-hybridized carbons (Fsp3) is 0.429. The van der Waals surface area contributed by atoms with Crippen LogP contribution in [0.5, 0.6) is 0 Å². The van der Waals surface area contributed by atoms with E-state index in [1.807, 2.05) is 12.1 Å². The molecule has 118 valence electrons. The highest BCUT2D eigenvalue weighted by Crippen LogP contribution is 2.28. The molecule has 1 aliphatic rings. The molecule has 0 radical (unpaired) electrons. The lowest BCUT2D eigenvalue weighted by atomic mass is 9.93. The summed E-state index contributed by atoms with van der Waals surface area (Å²) in [6.07, 6.45) is 5.51. The predicted octanol–water partition coefficient (Wildman–Crippen LogP) is 1.03. The zero-order chi connectivity index (χ0) is 15.6. The minimum Gasteiger partial charge on any atom is -0.447 e. The van der Waals surface area contributed by atoms with Crippen LogP contribution in [-0.4, -0.2) is 18.4 Å². The third kappa shape index (κ3) is 3.18. The Labute approximate surface area is 129 Å². The van der Waals surface area contributed by atoms with Crippen molar-refractivity contribution >= 4 is 10.0 Å². The van der Waals surface area contributed by atoms with Gasteiger partial charge in [0.05, 0.1) is 24.0 Å². The standard InChI is InChI=1S/C14H18N4O3S/c15-7-13-12(17-9-21-13)8-22(19,20)18-11-5-1-3-10-4-2-6-16-14(10)11/h2,4,6,9,11,18H,1,3,5,7-8,15H2/t11-/m0/s1. The molecule has 3 N–H and O–H groups in total. The maximum Gasteiger partial charge on any atom is 0.218 e. The first-order valence-corrected chi connectivity index (χ1v) is 8.79. The molecule has 0 unspecified atom stereocenters. The quantitative estimate of drug-likeness (QED) is 0.850. The first-order valence-electron chi connectivity index (χ1n) is 7.14. The molecular weight excluding hydrogens is 304 g/mol. The summed E-state index contributed by atoms with van der Waals surface area (Å²) in [6.45, 7) is 0.124. The summed E-state index contributed by atoms with van der Waals surface area (Å²) in [7, 11) is -3.55. The van der Waals surface area contributed by atoms with E-state index >= 15 is 0 Å². The Morgan fingerprint density at radius 3 is 3.09 bits per heavy atom. The van der Waals surface area contributed by atoms with Crippen molar-refractivity contribution in [3.05, 3.63) is 47.4 Å². The molecule has 2 aromatic rings. The third-order valence-corrected chi connectivity index (χ3v) is 5.05. The van der Waals surface area contributed by atoms with Gasteiger partial charge < -0.3 is 10.2 Å². The highest BCUT2D eigenvalue weighted by Gasteiger charge is 2.27. The molecule has 0 amide bonds. The van der Waals surface area contributed by atoms with Gasteiger partial charge in [0.15, 0.2) is 6.39 Å². The van der Waals surface area contributed by atoms with Crippen LogP contribution < -0.4 is 10.5 Å². The number of hydrogen-bond acceptors (Lipinski definition) is 6. The monoisotopic (exact) mass is 322 g/mol. The average molecular weight is 322 g/mol. The van der Waals surface area contributed by atoms with Crippen LogP contribution in [0.4, 0.5) is 0 Å². The number of nitrogens with one attached hydrogen (secondary N) is 1. The van der Waals surface area contributed by atoms with Gasteiger partial charge in [-0.15, -0.1) is 0 Å². The van der Waals surface area contributed by atoms with Crippen molar-refractivity contribution in [3.63, 3.8) is 0 Å². The minimum absolute atomic E-state index is 0.124. The van der Waals surface area contributed by atoms with Crippen molar-refractivity contribution in [2.75, 3.05) is 0 Å². The molecule has 7 nitrogen and oxygen atoms in total. The predicted molar refractivity (Wildman–Crippen MR) is 80.1 cm³/mol. The number of fused-ring (bicyclic) bond motifs is 1. The molecule has 0 bridgehead atoms. The molecule has 0 fully saturated rings. The third-order valence-electron chi connectivity index (χ3n) is 3.75. The van der Waals surface area contributed by atoms with Crippen molar-refractivity contribution in [2.24, 2.45) is 5.73 Å². The summed E-state index contributed by atoms with van der Waals surface area (Å²) in [4.78, 5) is 8.26. The van der Waals surface area contributed by atoms with E-state index in [9.17, 15) is 8.42 Å². The first-order chi connectivity index (χ1) is 10.6. The molecule has 0 aliphatic heterocycles. The van der Waals surface area contributed by atoms with Crippen LogP contribution in [0, 0.1) is 0 Å². The molecule has 3 rings (SSSR count). The van der Waals surface area contributed by atoms with Gasteiger partial charge in [0.2, 0.25) is 10.0 Å². The molecule has 0 spiro atoms. The van der Waals surface area contributed by atoms with Gasteiger partial charge in [0.25, 0.3) is 0 Å². The van der Waals surface area contributed by atoms with E-state index in [0.717, 1.165) is 30.5 Å². The fourth-order valence-electron chi connectivity index (χ4n) is 2.74. The van der Waals surface area contributed by atoms with E-state index in [4.69, 9.17) is 10.2 Å². The van der Waals surface area contributed by atoms with Crippen LogP contribution in [-0.2, 0) is 28.7 Å². The topological polar surface area (TPSA) is 111 Å². The zero-order valence-electron chi connectivity index (χ0n) is 12.0. The Morgan fingerprint density at radius 2 is 2.27 bits per heavy atom. The van der Waals surface area contributed by atoms with E-state index in [0.29, 0.717) is 11.5 Å². The van der Waals surface area contributed by atoms with Crippen molar-refractivity contribution in [1.82, 2.24) is 14.7 Å². The molecule has 0 aromatic carbocycles. The summed E-state index contributed by atoms with van der Waals surface area (Å²) in [5.41, 5.74) is 7.77. The number of nitrogens with two attached hydrogens (primary N) is 1. The van der Waals surface area contributed by atoms with Crippen LogP contribution in [0.25, 0.3) is 0 Å². The van der Waals surface area contributed by atoms with Gasteiger partial charge in [-0.2, -0.15) is 0 Å². The fourth-order valence-corrected chi connectivity index (χ4v) is 4.08. The molecule has 8 heteroatoms. The summed E-state index contributed by atoms with van der Waals surface area (Å²) < 4.78 is 32.6. The molecule has 1 aliphatic carbocycles. The normalized spacial score (nSPS) is 18.1. The van der Waals surface area contributed by atoms with Crippen LogP contribution in [0.3, 0.4) is 0 Å². The van der Waals surface area contributed by atoms with Gasteiger partial charge in [-0.25, -0.2) is 18.1 Å². The summed E-state index contributed by atoms with van der Waals surface area (Å²) in [6, 6.07) is 3.58. The van der Waals surface area contributed by atoms with Crippen LogP contribution in [0.1, 0.15) is 41.6 Å². The van der Waals surface area contributed by atoms with Gasteiger partial charge >= 0.3 is 0 Å². The Balaban J connectivity index is 1.78.